The fourth-order valence-electron chi connectivity index (χ4n) is 1.17. The molecule has 0 fully saturated rings. The highest BCUT2D eigenvalue weighted by molar-refractivity contribution is 5.24. The average Bonchev–Trinajstić information content (AvgIpc) is 2.18. The smallest absolute Gasteiger partial charge is 0.166 e. The zero-order valence-electron chi connectivity index (χ0n) is 10.1. The van der Waals surface area contributed by atoms with Gasteiger partial charge in [0.15, 0.2) is 0 Å². The molecule has 0 aliphatic carbocycles. The zero-order chi connectivity index (χ0) is 12.6. The minimum Gasteiger partial charge on any atom is -0.166 e. The molecule has 0 bridgehead atoms. The van der Waals surface area contributed by atoms with Crippen molar-refractivity contribution in [1.29, 1.82) is 0 Å². The molecule has 0 unspecified atom stereocenters. The lowest BCUT2D eigenvalue weighted by Crippen LogP contribution is -2.04. The molecule has 1 aromatic rings. The molecule has 0 amide bonds. The lowest BCUT2D eigenvalue weighted by molar-refractivity contribution is -0.137. The number of hydrogen-bond acceptors (Lipinski definition) is 0. The molecule has 0 aliphatic rings. The van der Waals surface area contributed by atoms with Crippen LogP contribution in [0.3, 0.4) is 0 Å². The second-order valence-electron chi connectivity index (χ2n) is 3.72. The molecule has 3 heteroatoms. The van der Waals surface area contributed by atoms with Gasteiger partial charge in [-0.25, -0.2) is 0 Å². The Morgan fingerprint density at radius 3 is 1.88 bits per heavy atom. The van der Waals surface area contributed by atoms with Crippen LogP contribution >= 0.6 is 0 Å². The Labute approximate surface area is 95.5 Å². The van der Waals surface area contributed by atoms with E-state index in [2.05, 4.69) is 13.8 Å². The van der Waals surface area contributed by atoms with E-state index in [1.54, 1.807) is 13.0 Å². The van der Waals surface area contributed by atoms with Gasteiger partial charge in [-0.3, -0.25) is 0 Å². The van der Waals surface area contributed by atoms with Crippen LogP contribution in [0.1, 0.15) is 44.2 Å². The molecule has 0 nitrogen and oxygen atoms in total. The third kappa shape index (κ3) is 6.49. The first-order chi connectivity index (χ1) is 7.41. The van der Waals surface area contributed by atoms with Crippen molar-refractivity contribution in [3.05, 3.63) is 35.4 Å². The van der Waals surface area contributed by atoms with E-state index in [1.165, 1.54) is 25.3 Å². The molecular formula is C13H19F3. The predicted octanol–water partition coefficient (Wildman–Crippen LogP) is 5.21. The summed E-state index contributed by atoms with van der Waals surface area (Å²) in [6.45, 7) is 6.06. The SMILES string of the molecule is CCCCC.Cc1cccc(C(F)(F)F)c1. The highest BCUT2D eigenvalue weighted by Crippen LogP contribution is 2.29. The summed E-state index contributed by atoms with van der Waals surface area (Å²) in [7, 11) is 0. The van der Waals surface area contributed by atoms with Gasteiger partial charge in [0.25, 0.3) is 0 Å². The van der Waals surface area contributed by atoms with Crippen molar-refractivity contribution in [1.82, 2.24) is 0 Å². The van der Waals surface area contributed by atoms with E-state index >= 15 is 0 Å². The van der Waals surface area contributed by atoms with Gasteiger partial charge in [0.1, 0.15) is 0 Å². The number of rotatable bonds is 2. The first kappa shape index (κ1) is 15.0. The van der Waals surface area contributed by atoms with Crippen LogP contribution in [0.2, 0.25) is 0 Å². The number of benzene rings is 1. The maximum absolute atomic E-state index is 12.0. The van der Waals surface area contributed by atoms with E-state index in [4.69, 9.17) is 0 Å². The van der Waals surface area contributed by atoms with Gasteiger partial charge in [-0.15, -0.1) is 0 Å². The minimum absolute atomic E-state index is 0.586. The molecule has 0 aliphatic heterocycles. The van der Waals surface area contributed by atoms with Gasteiger partial charge in [-0.05, 0) is 13.0 Å². The van der Waals surface area contributed by atoms with E-state index in [-0.39, 0.29) is 0 Å². The van der Waals surface area contributed by atoms with E-state index in [0.29, 0.717) is 5.56 Å². The highest BCUT2D eigenvalue weighted by atomic mass is 19.4. The van der Waals surface area contributed by atoms with Crippen molar-refractivity contribution in [3.63, 3.8) is 0 Å². The van der Waals surface area contributed by atoms with E-state index in [9.17, 15) is 13.2 Å². The first-order valence-corrected chi connectivity index (χ1v) is 5.55. The Morgan fingerprint density at radius 1 is 1.06 bits per heavy atom. The molecule has 16 heavy (non-hydrogen) atoms. The zero-order valence-corrected chi connectivity index (χ0v) is 10.1. The number of unbranched alkanes of at least 4 members (excludes halogenated alkanes) is 2. The van der Waals surface area contributed by atoms with E-state index in [0.717, 1.165) is 12.1 Å². The van der Waals surface area contributed by atoms with Crippen LogP contribution in [-0.4, -0.2) is 0 Å². The van der Waals surface area contributed by atoms with Gasteiger partial charge >= 0.3 is 6.18 Å². The van der Waals surface area contributed by atoms with Gasteiger partial charge in [0, 0.05) is 0 Å². The summed E-state index contributed by atoms with van der Waals surface area (Å²) in [6, 6.07) is 5.22. The minimum atomic E-state index is -4.22. The summed E-state index contributed by atoms with van der Waals surface area (Å²) in [5.41, 5.74) is 0.0392. The lowest BCUT2D eigenvalue weighted by atomic mass is 10.1. The van der Waals surface area contributed by atoms with Crippen molar-refractivity contribution in [3.8, 4) is 0 Å². The summed E-state index contributed by atoms with van der Waals surface area (Å²) in [4.78, 5) is 0. The van der Waals surface area contributed by atoms with Crippen LogP contribution in [0.15, 0.2) is 24.3 Å². The van der Waals surface area contributed by atoms with Crippen molar-refractivity contribution in [2.24, 2.45) is 0 Å². The van der Waals surface area contributed by atoms with Crippen LogP contribution in [0.4, 0.5) is 13.2 Å². The number of alkyl halides is 3. The quantitative estimate of drug-likeness (QED) is 0.656. The maximum atomic E-state index is 12.0. The molecule has 0 radical (unpaired) electrons. The Bertz CT molecular complexity index is 287. The molecule has 0 N–H and O–H groups in total. The monoisotopic (exact) mass is 232 g/mol. The first-order valence-electron chi connectivity index (χ1n) is 5.55. The average molecular weight is 232 g/mol. The number of hydrogen-bond donors (Lipinski definition) is 0. The van der Waals surface area contributed by atoms with Gasteiger partial charge in [-0.2, -0.15) is 13.2 Å². The molecule has 1 aromatic carbocycles. The van der Waals surface area contributed by atoms with Gasteiger partial charge in [-0.1, -0.05) is 56.9 Å². The largest absolute Gasteiger partial charge is 0.416 e. The molecule has 0 heterocycles. The number of aryl methyl sites for hydroxylation is 1. The second kappa shape index (κ2) is 7.31. The standard InChI is InChI=1S/C8H7F3.C5H12/c1-6-3-2-4-7(5-6)8(9,10)11;1-3-5-4-2/h2-5H,1H3;3-5H2,1-2H3. The molecule has 92 valence electrons. The van der Waals surface area contributed by atoms with Gasteiger partial charge < -0.3 is 0 Å². The Kier molecular flexibility index (Phi) is 6.86. The van der Waals surface area contributed by atoms with Gasteiger partial charge in [0.2, 0.25) is 0 Å². The second-order valence-corrected chi connectivity index (χ2v) is 3.72. The fourth-order valence-corrected chi connectivity index (χ4v) is 1.17. The molecule has 0 saturated heterocycles. The van der Waals surface area contributed by atoms with Crippen LogP contribution in [0.5, 0.6) is 0 Å². The predicted molar refractivity (Wildman–Crippen MR) is 61.4 cm³/mol. The molecular weight excluding hydrogens is 213 g/mol. The molecule has 1 rings (SSSR count). The van der Waals surface area contributed by atoms with E-state index in [1.807, 2.05) is 0 Å². The Morgan fingerprint density at radius 2 is 1.62 bits per heavy atom. The van der Waals surface area contributed by atoms with Crippen LogP contribution in [0.25, 0.3) is 0 Å². The summed E-state index contributed by atoms with van der Waals surface area (Å²) in [5, 5.41) is 0. The summed E-state index contributed by atoms with van der Waals surface area (Å²) in [5.74, 6) is 0. The normalized spacial score (nSPS) is 10.6. The number of halogens is 3. The molecule has 0 atom stereocenters. The van der Waals surface area contributed by atoms with Crippen LogP contribution in [0, 0.1) is 6.92 Å². The Balaban J connectivity index is 0.000000385. The summed E-state index contributed by atoms with van der Waals surface area (Å²) in [6.07, 6.45) is -0.140. The Hall–Kier alpha value is -0.990. The van der Waals surface area contributed by atoms with Crippen molar-refractivity contribution in [2.45, 2.75) is 46.2 Å². The maximum Gasteiger partial charge on any atom is 0.416 e. The van der Waals surface area contributed by atoms with Crippen LogP contribution in [-0.2, 0) is 6.18 Å². The van der Waals surface area contributed by atoms with Gasteiger partial charge in [0.05, 0.1) is 5.56 Å². The van der Waals surface area contributed by atoms with Crippen molar-refractivity contribution >= 4 is 0 Å². The van der Waals surface area contributed by atoms with Crippen molar-refractivity contribution in [2.75, 3.05) is 0 Å². The highest BCUT2D eigenvalue weighted by Gasteiger charge is 2.29. The molecule has 0 aromatic heterocycles. The topological polar surface area (TPSA) is 0 Å². The summed E-state index contributed by atoms with van der Waals surface area (Å²) >= 11 is 0. The third-order valence-electron chi connectivity index (χ3n) is 2.05. The van der Waals surface area contributed by atoms with E-state index < -0.39 is 11.7 Å². The molecule has 0 spiro atoms. The third-order valence-corrected chi connectivity index (χ3v) is 2.05. The fraction of sp³-hybridized carbons (Fsp3) is 0.538. The lowest BCUT2D eigenvalue weighted by Gasteiger charge is -2.05. The molecule has 0 saturated carbocycles. The van der Waals surface area contributed by atoms with Crippen LogP contribution < -0.4 is 0 Å². The van der Waals surface area contributed by atoms with Crippen molar-refractivity contribution < 1.29 is 13.2 Å². The summed E-state index contributed by atoms with van der Waals surface area (Å²) < 4.78 is 35.9.